The summed E-state index contributed by atoms with van der Waals surface area (Å²) in [6.07, 6.45) is 0.781. The monoisotopic (exact) mass is 288 g/mol. The molecule has 0 aliphatic carbocycles. The van der Waals surface area contributed by atoms with Crippen LogP contribution >= 0.6 is 23.4 Å². The highest BCUT2D eigenvalue weighted by atomic mass is 35.5. The van der Waals surface area contributed by atoms with Gasteiger partial charge in [-0.25, -0.2) is 0 Å². The van der Waals surface area contributed by atoms with E-state index in [1.807, 2.05) is 0 Å². The maximum atomic E-state index is 11.8. The molecular weight excluding hydrogens is 272 g/mol. The minimum absolute atomic E-state index is 0.174. The molecule has 0 saturated heterocycles. The molecule has 0 fully saturated rings. The van der Waals surface area contributed by atoms with Crippen molar-refractivity contribution in [2.24, 2.45) is 0 Å². The molecule has 0 aliphatic rings. The summed E-state index contributed by atoms with van der Waals surface area (Å²) in [5.74, 6) is 1.55. The minimum Gasteiger partial charge on any atom is -0.399 e. The third kappa shape index (κ3) is 5.62. The standard InChI is InChI=1S/C12H17ClN2O2S/c13-10-6-9(7-11(14)8-10)12(17)15-2-5-18-4-1-3-16/h6-8,16H,1-5,14H2,(H,15,17). The Morgan fingerprint density at radius 1 is 1.39 bits per heavy atom. The van der Waals surface area contributed by atoms with E-state index < -0.39 is 0 Å². The first kappa shape index (κ1) is 15.1. The van der Waals surface area contributed by atoms with Crippen LogP contribution < -0.4 is 11.1 Å². The highest BCUT2D eigenvalue weighted by molar-refractivity contribution is 7.99. The molecule has 0 aliphatic heterocycles. The van der Waals surface area contributed by atoms with Crippen molar-refractivity contribution in [3.8, 4) is 0 Å². The predicted octanol–water partition coefficient (Wildman–Crippen LogP) is 1.77. The van der Waals surface area contributed by atoms with Crippen LogP contribution in [0.4, 0.5) is 5.69 Å². The van der Waals surface area contributed by atoms with E-state index in [9.17, 15) is 4.79 Å². The number of aliphatic hydroxyl groups excluding tert-OH is 1. The van der Waals surface area contributed by atoms with Gasteiger partial charge in [0.1, 0.15) is 0 Å². The zero-order valence-electron chi connectivity index (χ0n) is 9.99. The van der Waals surface area contributed by atoms with Gasteiger partial charge in [0.2, 0.25) is 0 Å². The maximum absolute atomic E-state index is 11.8. The van der Waals surface area contributed by atoms with Gasteiger partial charge in [0, 0.05) is 35.2 Å². The van der Waals surface area contributed by atoms with Crippen LogP contribution in [0.25, 0.3) is 0 Å². The molecule has 0 unspecified atom stereocenters. The summed E-state index contributed by atoms with van der Waals surface area (Å²) in [6, 6.07) is 4.79. The van der Waals surface area contributed by atoms with E-state index in [2.05, 4.69) is 5.32 Å². The van der Waals surface area contributed by atoms with Crippen molar-refractivity contribution in [3.05, 3.63) is 28.8 Å². The van der Waals surface area contributed by atoms with Crippen LogP contribution in [-0.4, -0.2) is 35.7 Å². The van der Waals surface area contributed by atoms with Crippen molar-refractivity contribution >= 4 is 35.0 Å². The molecule has 4 nitrogen and oxygen atoms in total. The molecule has 0 radical (unpaired) electrons. The largest absolute Gasteiger partial charge is 0.399 e. The Labute approximate surface area is 116 Å². The first-order chi connectivity index (χ1) is 8.63. The first-order valence-electron chi connectivity index (χ1n) is 5.66. The van der Waals surface area contributed by atoms with Gasteiger partial charge in [-0.2, -0.15) is 11.8 Å². The molecule has 0 saturated carbocycles. The number of rotatable bonds is 7. The summed E-state index contributed by atoms with van der Waals surface area (Å²) in [5.41, 5.74) is 6.56. The van der Waals surface area contributed by atoms with Crippen molar-refractivity contribution in [2.45, 2.75) is 6.42 Å². The summed E-state index contributed by atoms with van der Waals surface area (Å²) >= 11 is 7.52. The van der Waals surface area contributed by atoms with E-state index in [1.165, 1.54) is 0 Å². The summed E-state index contributed by atoms with van der Waals surface area (Å²) < 4.78 is 0. The van der Waals surface area contributed by atoms with Crippen LogP contribution in [0.2, 0.25) is 5.02 Å². The number of amides is 1. The number of nitrogen functional groups attached to an aromatic ring is 1. The van der Waals surface area contributed by atoms with Crippen molar-refractivity contribution < 1.29 is 9.90 Å². The zero-order chi connectivity index (χ0) is 13.4. The number of nitrogens with two attached hydrogens (primary N) is 1. The van der Waals surface area contributed by atoms with Crippen LogP contribution in [0.15, 0.2) is 18.2 Å². The lowest BCUT2D eigenvalue weighted by molar-refractivity contribution is 0.0956. The molecule has 1 rings (SSSR count). The number of aliphatic hydroxyl groups is 1. The number of carbonyl (C=O) groups is 1. The summed E-state index contributed by atoms with van der Waals surface area (Å²) in [7, 11) is 0. The molecular formula is C12H17ClN2O2S. The third-order valence-corrected chi connectivity index (χ3v) is 3.45. The Morgan fingerprint density at radius 2 is 2.17 bits per heavy atom. The van der Waals surface area contributed by atoms with Gasteiger partial charge >= 0.3 is 0 Å². The predicted molar refractivity (Wildman–Crippen MR) is 77.2 cm³/mol. The lowest BCUT2D eigenvalue weighted by atomic mass is 10.2. The van der Waals surface area contributed by atoms with Gasteiger partial charge in [-0.15, -0.1) is 0 Å². The van der Waals surface area contributed by atoms with E-state index in [1.54, 1.807) is 30.0 Å². The average molecular weight is 289 g/mol. The number of benzene rings is 1. The van der Waals surface area contributed by atoms with Gasteiger partial charge in [-0.3, -0.25) is 4.79 Å². The van der Waals surface area contributed by atoms with Crippen molar-refractivity contribution in [3.63, 3.8) is 0 Å². The normalized spacial score (nSPS) is 10.3. The van der Waals surface area contributed by atoms with E-state index in [0.717, 1.165) is 17.9 Å². The van der Waals surface area contributed by atoms with E-state index >= 15 is 0 Å². The molecule has 100 valence electrons. The molecule has 0 atom stereocenters. The van der Waals surface area contributed by atoms with Crippen LogP contribution in [-0.2, 0) is 0 Å². The quantitative estimate of drug-likeness (QED) is 0.528. The number of hydrogen-bond donors (Lipinski definition) is 3. The number of anilines is 1. The van der Waals surface area contributed by atoms with Gasteiger partial charge in [-0.1, -0.05) is 11.6 Å². The fourth-order valence-electron chi connectivity index (χ4n) is 1.35. The number of hydrogen-bond acceptors (Lipinski definition) is 4. The summed E-state index contributed by atoms with van der Waals surface area (Å²) in [5, 5.41) is 11.9. The van der Waals surface area contributed by atoms with Crippen LogP contribution in [0.1, 0.15) is 16.8 Å². The number of thioether (sulfide) groups is 1. The van der Waals surface area contributed by atoms with Gasteiger partial charge in [0.15, 0.2) is 0 Å². The summed E-state index contributed by atoms with van der Waals surface area (Å²) in [4.78, 5) is 11.8. The van der Waals surface area contributed by atoms with Crippen molar-refractivity contribution in [1.82, 2.24) is 5.32 Å². The molecule has 0 bridgehead atoms. The molecule has 0 spiro atoms. The molecule has 1 aromatic rings. The number of nitrogens with one attached hydrogen (secondary N) is 1. The molecule has 1 aromatic carbocycles. The fourth-order valence-corrected chi connectivity index (χ4v) is 2.38. The molecule has 0 aromatic heterocycles. The fraction of sp³-hybridized carbons (Fsp3) is 0.417. The molecule has 4 N–H and O–H groups in total. The van der Waals surface area contributed by atoms with Gasteiger partial charge < -0.3 is 16.2 Å². The lowest BCUT2D eigenvalue weighted by Crippen LogP contribution is -2.25. The highest BCUT2D eigenvalue weighted by Crippen LogP contribution is 2.16. The lowest BCUT2D eigenvalue weighted by Gasteiger charge is -2.06. The highest BCUT2D eigenvalue weighted by Gasteiger charge is 2.06. The van der Waals surface area contributed by atoms with E-state index in [-0.39, 0.29) is 12.5 Å². The Hall–Kier alpha value is -0.910. The van der Waals surface area contributed by atoms with Crippen molar-refractivity contribution in [1.29, 1.82) is 0 Å². The SMILES string of the molecule is Nc1cc(Cl)cc(C(=O)NCCSCCCO)c1. The van der Waals surface area contributed by atoms with Gasteiger partial charge in [-0.05, 0) is 30.4 Å². The Morgan fingerprint density at radius 3 is 2.83 bits per heavy atom. The van der Waals surface area contributed by atoms with Crippen molar-refractivity contribution in [2.75, 3.05) is 30.4 Å². The van der Waals surface area contributed by atoms with Crippen LogP contribution in [0.3, 0.4) is 0 Å². The smallest absolute Gasteiger partial charge is 0.251 e. The average Bonchev–Trinajstić information content (AvgIpc) is 2.32. The van der Waals surface area contributed by atoms with Crippen LogP contribution in [0.5, 0.6) is 0 Å². The third-order valence-electron chi connectivity index (χ3n) is 2.16. The molecule has 18 heavy (non-hydrogen) atoms. The van der Waals surface area contributed by atoms with Gasteiger partial charge in [0.25, 0.3) is 5.91 Å². The van der Waals surface area contributed by atoms with E-state index in [4.69, 9.17) is 22.4 Å². The molecule has 1 amide bonds. The number of halogens is 1. The molecule has 6 heteroatoms. The first-order valence-corrected chi connectivity index (χ1v) is 7.19. The summed E-state index contributed by atoms with van der Waals surface area (Å²) in [6.45, 7) is 0.794. The number of carbonyl (C=O) groups excluding carboxylic acids is 1. The second-order valence-electron chi connectivity index (χ2n) is 3.72. The Kier molecular flexibility index (Phi) is 6.93. The second kappa shape index (κ2) is 8.24. The Balaban J connectivity index is 2.32. The second-order valence-corrected chi connectivity index (χ2v) is 5.38. The van der Waals surface area contributed by atoms with Crippen LogP contribution in [0, 0.1) is 0 Å². The minimum atomic E-state index is -0.174. The topological polar surface area (TPSA) is 75.4 Å². The van der Waals surface area contributed by atoms with E-state index in [0.29, 0.717) is 22.8 Å². The zero-order valence-corrected chi connectivity index (χ0v) is 11.6. The maximum Gasteiger partial charge on any atom is 0.251 e. The Bertz CT molecular complexity index is 381. The van der Waals surface area contributed by atoms with Gasteiger partial charge in [0.05, 0.1) is 0 Å². The molecule has 0 heterocycles.